The number of aryl methyl sites for hydroxylation is 1. The normalized spacial score (nSPS) is 17.4. The maximum atomic E-state index is 12.5. The Hall–Kier alpha value is -3.03. The van der Waals surface area contributed by atoms with Crippen molar-refractivity contribution in [3.63, 3.8) is 0 Å². The van der Waals surface area contributed by atoms with Gasteiger partial charge in [-0.3, -0.25) is 9.78 Å². The van der Waals surface area contributed by atoms with Crippen molar-refractivity contribution in [1.82, 2.24) is 25.2 Å². The summed E-state index contributed by atoms with van der Waals surface area (Å²) in [7, 11) is 0. The van der Waals surface area contributed by atoms with Crippen LogP contribution in [0.25, 0.3) is 11.4 Å². The maximum Gasteiger partial charge on any atom is 0.231 e. The average molecular weight is 353 g/mol. The molecule has 0 aromatic carbocycles. The van der Waals surface area contributed by atoms with Crippen molar-refractivity contribution in [2.24, 2.45) is 0 Å². The van der Waals surface area contributed by atoms with Gasteiger partial charge in [0.05, 0.1) is 18.0 Å². The third-order valence-corrected chi connectivity index (χ3v) is 4.49. The Morgan fingerprint density at radius 3 is 3.04 bits per heavy atom. The van der Waals surface area contributed by atoms with E-state index in [-0.39, 0.29) is 18.2 Å². The first kappa shape index (κ1) is 16.4. The third-order valence-electron chi connectivity index (χ3n) is 4.49. The molecule has 0 radical (unpaired) electrons. The lowest BCUT2D eigenvalue weighted by atomic mass is 9.97. The second kappa shape index (κ2) is 7.07. The third kappa shape index (κ3) is 3.49. The number of hydrogen-bond acceptors (Lipinski definition) is 7. The molecule has 0 aliphatic carbocycles. The largest absolute Gasteiger partial charge is 0.361 e. The molecule has 1 fully saturated rings. The van der Waals surface area contributed by atoms with Crippen molar-refractivity contribution in [3.8, 4) is 11.4 Å². The van der Waals surface area contributed by atoms with Gasteiger partial charge in [-0.15, -0.1) is 0 Å². The molecular formula is C18H19N5O3. The van der Waals surface area contributed by atoms with E-state index in [2.05, 4.69) is 20.3 Å². The summed E-state index contributed by atoms with van der Waals surface area (Å²) in [5, 5.41) is 7.87. The Kier molecular flexibility index (Phi) is 4.47. The number of carbonyl (C=O) groups excluding carboxylic acids is 1. The topological polar surface area (TPSA) is 98.2 Å². The van der Waals surface area contributed by atoms with Gasteiger partial charge in [0.1, 0.15) is 5.76 Å². The van der Waals surface area contributed by atoms with Gasteiger partial charge in [-0.05, 0) is 31.9 Å². The fraction of sp³-hybridized carbons (Fsp3) is 0.389. The molecule has 0 bridgehead atoms. The van der Waals surface area contributed by atoms with Gasteiger partial charge in [0.25, 0.3) is 0 Å². The van der Waals surface area contributed by atoms with E-state index >= 15 is 0 Å². The Balaban J connectivity index is 1.43. The van der Waals surface area contributed by atoms with Gasteiger partial charge < -0.3 is 13.9 Å². The molecule has 1 amide bonds. The SMILES string of the molecule is Cc1cc(CC(=O)N2CCCC(c3nc(-c4cccnc4)no3)C2)on1. The summed E-state index contributed by atoms with van der Waals surface area (Å²) in [6.07, 6.45) is 5.44. The smallest absolute Gasteiger partial charge is 0.231 e. The number of rotatable bonds is 4. The second-order valence-corrected chi connectivity index (χ2v) is 6.49. The average Bonchev–Trinajstić information content (AvgIpc) is 3.32. The molecule has 134 valence electrons. The first-order chi connectivity index (χ1) is 12.7. The lowest BCUT2D eigenvalue weighted by Gasteiger charge is -2.30. The highest BCUT2D eigenvalue weighted by Gasteiger charge is 2.29. The van der Waals surface area contributed by atoms with Crippen molar-refractivity contribution >= 4 is 5.91 Å². The molecule has 4 heterocycles. The lowest BCUT2D eigenvalue weighted by Crippen LogP contribution is -2.40. The predicted octanol–water partition coefficient (Wildman–Crippen LogP) is 2.38. The highest BCUT2D eigenvalue weighted by atomic mass is 16.5. The first-order valence-corrected chi connectivity index (χ1v) is 8.63. The zero-order valence-corrected chi connectivity index (χ0v) is 14.5. The molecule has 3 aromatic rings. The molecule has 3 aromatic heterocycles. The number of nitrogens with zero attached hydrogens (tertiary/aromatic N) is 5. The molecule has 4 rings (SSSR count). The first-order valence-electron chi connectivity index (χ1n) is 8.63. The maximum absolute atomic E-state index is 12.5. The van der Waals surface area contributed by atoms with Crippen LogP contribution in [0.2, 0.25) is 0 Å². The molecule has 1 aliphatic heterocycles. The van der Waals surface area contributed by atoms with Gasteiger partial charge in [-0.25, -0.2) is 0 Å². The van der Waals surface area contributed by atoms with Crippen LogP contribution in [0.3, 0.4) is 0 Å². The van der Waals surface area contributed by atoms with Gasteiger partial charge in [-0.2, -0.15) is 4.98 Å². The van der Waals surface area contributed by atoms with Crippen LogP contribution in [0.5, 0.6) is 0 Å². The summed E-state index contributed by atoms with van der Waals surface area (Å²) in [5.74, 6) is 1.75. The summed E-state index contributed by atoms with van der Waals surface area (Å²) in [6, 6.07) is 5.51. The molecule has 0 saturated carbocycles. The summed E-state index contributed by atoms with van der Waals surface area (Å²) >= 11 is 0. The van der Waals surface area contributed by atoms with Crippen LogP contribution in [0.1, 0.15) is 36.1 Å². The van der Waals surface area contributed by atoms with E-state index < -0.39 is 0 Å². The highest BCUT2D eigenvalue weighted by molar-refractivity contribution is 5.78. The Labute approximate surface area is 150 Å². The number of aromatic nitrogens is 4. The Bertz CT molecular complexity index is 889. The van der Waals surface area contributed by atoms with E-state index in [0.29, 0.717) is 24.0 Å². The Morgan fingerprint density at radius 1 is 1.35 bits per heavy atom. The quantitative estimate of drug-likeness (QED) is 0.710. The number of amides is 1. The summed E-state index contributed by atoms with van der Waals surface area (Å²) in [6.45, 7) is 3.14. The molecule has 8 heteroatoms. The van der Waals surface area contributed by atoms with E-state index in [9.17, 15) is 4.79 Å². The molecule has 0 N–H and O–H groups in total. The predicted molar refractivity (Wildman–Crippen MR) is 91.0 cm³/mol. The zero-order valence-electron chi connectivity index (χ0n) is 14.5. The van der Waals surface area contributed by atoms with Crippen molar-refractivity contribution in [2.45, 2.75) is 32.1 Å². The van der Waals surface area contributed by atoms with Crippen molar-refractivity contribution in [2.75, 3.05) is 13.1 Å². The Morgan fingerprint density at radius 2 is 2.27 bits per heavy atom. The number of likely N-dealkylation sites (tertiary alicyclic amines) is 1. The molecule has 1 atom stereocenters. The second-order valence-electron chi connectivity index (χ2n) is 6.49. The molecule has 8 nitrogen and oxygen atoms in total. The minimum Gasteiger partial charge on any atom is -0.361 e. The van der Waals surface area contributed by atoms with E-state index in [1.54, 1.807) is 18.5 Å². The monoisotopic (exact) mass is 353 g/mol. The van der Waals surface area contributed by atoms with Gasteiger partial charge in [-0.1, -0.05) is 10.3 Å². The summed E-state index contributed by atoms with van der Waals surface area (Å²) in [4.78, 5) is 22.9. The van der Waals surface area contributed by atoms with Gasteiger partial charge in [0, 0.05) is 37.1 Å². The molecule has 0 spiro atoms. The number of pyridine rings is 1. The summed E-state index contributed by atoms with van der Waals surface area (Å²) in [5.41, 5.74) is 1.59. The molecule has 1 saturated heterocycles. The fourth-order valence-corrected chi connectivity index (χ4v) is 3.18. The van der Waals surface area contributed by atoms with E-state index in [0.717, 1.165) is 30.6 Å². The van der Waals surface area contributed by atoms with Crippen LogP contribution in [0.15, 0.2) is 39.6 Å². The minimum atomic E-state index is 0.0258. The van der Waals surface area contributed by atoms with Gasteiger partial charge in [0.2, 0.25) is 17.6 Å². The number of piperidine rings is 1. The molecular weight excluding hydrogens is 334 g/mol. The number of hydrogen-bond donors (Lipinski definition) is 0. The van der Waals surface area contributed by atoms with Gasteiger partial charge >= 0.3 is 0 Å². The van der Waals surface area contributed by atoms with Crippen LogP contribution in [-0.4, -0.2) is 44.2 Å². The fourth-order valence-electron chi connectivity index (χ4n) is 3.18. The van der Waals surface area contributed by atoms with Gasteiger partial charge in [0.15, 0.2) is 0 Å². The van der Waals surface area contributed by atoms with Crippen molar-refractivity contribution in [3.05, 3.63) is 47.9 Å². The van der Waals surface area contributed by atoms with Crippen LogP contribution < -0.4 is 0 Å². The molecule has 1 unspecified atom stereocenters. The molecule has 26 heavy (non-hydrogen) atoms. The summed E-state index contributed by atoms with van der Waals surface area (Å²) < 4.78 is 10.6. The van der Waals surface area contributed by atoms with E-state index in [4.69, 9.17) is 9.05 Å². The highest BCUT2D eigenvalue weighted by Crippen LogP contribution is 2.27. The lowest BCUT2D eigenvalue weighted by molar-refractivity contribution is -0.132. The van der Waals surface area contributed by atoms with Crippen molar-refractivity contribution < 1.29 is 13.8 Å². The molecule has 1 aliphatic rings. The van der Waals surface area contributed by atoms with Crippen LogP contribution in [0.4, 0.5) is 0 Å². The zero-order chi connectivity index (χ0) is 17.9. The van der Waals surface area contributed by atoms with Crippen LogP contribution in [0, 0.1) is 6.92 Å². The standard InChI is InChI=1S/C18H19N5O3/c1-12-8-15(25-21-12)9-16(24)23-7-3-5-14(11-23)18-20-17(22-26-18)13-4-2-6-19-10-13/h2,4,6,8,10,14H,3,5,7,9,11H2,1H3. The minimum absolute atomic E-state index is 0.0258. The van der Waals surface area contributed by atoms with Crippen LogP contribution >= 0.6 is 0 Å². The van der Waals surface area contributed by atoms with E-state index in [1.165, 1.54) is 0 Å². The van der Waals surface area contributed by atoms with E-state index in [1.807, 2.05) is 24.0 Å². The van der Waals surface area contributed by atoms with Crippen molar-refractivity contribution in [1.29, 1.82) is 0 Å². The number of carbonyl (C=O) groups is 1. The van der Waals surface area contributed by atoms with Crippen LogP contribution in [-0.2, 0) is 11.2 Å².